The molecule has 0 aliphatic carbocycles. The van der Waals surface area contributed by atoms with Crippen LogP contribution >= 0.6 is 0 Å². The average molecular weight is 284 g/mol. The Kier molecular flexibility index (Phi) is 3.70. The standard InChI is InChI=1S/C14H9FN4O2/c15-11-3-7(1-2-8(11)6-20)12-9(4-16)13(18)19-14(21)10(12)5-17/h1-3,20H,6H2,(H3,18,19,21). The van der Waals surface area contributed by atoms with Gasteiger partial charge in [-0.3, -0.25) is 4.79 Å². The minimum atomic E-state index is -0.754. The van der Waals surface area contributed by atoms with Gasteiger partial charge in [0, 0.05) is 11.1 Å². The van der Waals surface area contributed by atoms with Crippen LogP contribution in [-0.4, -0.2) is 10.1 Å². The van der Waals surface area contributed by atoms with Crippen LogP contribution in [-0.2, 0) is 6.61 Å². The van der Waals surface area contributed by atoms with Crippen molar-refractivity contribution in [1.82, 2.24) is 4.98 Å². The van der Waals surface area contributed by atoms with E-state index >= 15 is 0 Å². The van der Waals surface area contributed by atoms with E-state index in [9.17, 15) is 9.18 Å². The van der Waals surface area contributed by atoms with Crippen LogP contribution in [0.5, 0.6) is 0 Å². The first-order chi connectivity index (χ1) is 10.0. The number of hydrogen-bond donors (Lipinski definition) is 3. The molecule has 104 valence electrons. The Morgan fingerprint density at radius 1 is 1.29 bits per heavy atom. The zero-order valence-electron chi connectivity index (χ0n) is 10.6. The first-order valence-corrected chi connectivity index (χ1v) is 5.79. The number of nitrogen functional groups attached to an aromatic ring is 1. The Hall–Kier alpha value is -3.16. The zero-order chi connectivity index (χ0) is 15.6. The number of halogens is 1. The highest BCUT2D eigenvalue weighted by Crippen LogP contribution is 2.29. The van der Waals surface area contributed by atoms with Crippen LogP contribution < -0.4 is 11.3 Å². The van der Waals surface area contributed by atoms with Gasteiger partial charge in [0.05, 0.1) is 6.61 Å². The van der Waals surface area contributed by atoms with Crippen LogP contribution in [0, 0.1) is 28.5 Å². The third-order valence-corrected chi connectivity index (χ3v) is 2.98. The number of nitrogens with one attached hydrogen (secondary N) is 1. The third-order valence-electron chi connectivity index (χ3n) is 2.98. The molecule has 0 spiro atoms. The minimum Gasteiger partial charge on any atom is -0.392 e. The van der Waals surface area contributed by atoms with Crippen molar-refractivity contribution >= 4 is 5.82 Å². The third kappa shape index (κ3) is 2.34. The molecule has 0 saturated heterocycles. The summed E-state index contributed by atoms with van der Waals surface area (Å²) in [6, 6.07) is 7.24. The second kappa shape index (κ2) is 5.45. The summed E-state index contributed by atoms with van der Waals surface area (Å²) in [4.78, 5) is 13.9. The minimum absolute atomic E-state index is 0.0235. The van der Waals surface area contributed by atoms with Crippen LogP contribution in [0.3, 0.4) is 0 Å². The number of aromatic amines is 1. The highest BCUT2D eigenvalue weighted by molar-refractivity contribution is 5.80. The van der Waals surface area contributed by atoms with Crippen molar-refractivity contribution in [3.63, 3.8) is 0 Å². The maximum absolute atomic E-state index is 13.8. The number of aromatic nitrogens is 1. The van der Waals surface area contributed by atoms with E-state index in [1.807, 2.05) is 0 Å². The summed E-state index contributed by atoms with van der Waals surface area (Å²) in [5, 5.41) is 27.2. The molecular weight excluding hydrogens is 275 g/mol. The number of nitrogens with two attached hydrogens (primary N) is 1. The van der Waals surface area contributed by atoms with Crippen molar-refractivity contribution in [2.75, 3.05) is 5.73 Å². The number of rotatable bonds is 2. The Bertz CT molecular complexity index is 859. The molecule has 0 fully saturated rings. The van der Waals surface area contributed by atoms with Gasteiger partial charge in [-0.1, -0.05) is 12.1 Å². The molecule has 6 nitrogen and oxygen atoms in total. The molecule has 0 bridgehead atoms. The number of aliphatic hydroxyl groups excluding tert-OH is 1. The van der Waals surface area contributed by atoms with Gasteiger partial charge in [-0.2, -0.15) is 10.5 Å². The summed E-state index contributed by atoms with van der Waals surface area (Å²) >= 11 is 0. The SMILES string of the molecule is N#Cc1c(N)[nH]c(=O)c(C#N)c1-c1ccc(CO)c(F)c1. The van der Waals surface area contributed by atoms with E-state index in [0.717, 1.165) is 6.07 Å². The van der Waals surface area contributed by atoms with Gasteiger partial charge in [-0.25, -0.2) is 4.39 Å². The van der Waals surface area contributed by atoms with Gasteiger partial charge >= 0.3 is 0 Å². The molecule has 0 saturated carbocycles. The lowest BCUT2D eigenvalue weighted by Gasteiger charge is -2.09. The molecule has 0 aliphatic rings. The van der Waals surface area contributed by atoms with E-state index < -0.39 is 18.0 Å². The van der Waals surface area contributed by atoms with E-state index in [1.165, 1.54) is 12.1 Å². The second-order valence-electron chi connectivity index (χ2n) is 4.18. The summed E-state index contributed by atoms with van der Waals surface area (Å²) in [5.74, 6) is -0.898. The van der Waals surface area contributed by atoms with Crippen LogP contribution in [0.2, 0.25) is 0 Å². The summed E-state index contributed by atoms with van der Waals surface area (Å²) in [6.07, 6.45) is 0. The molecule has 0 radical (unpaired) electrons. The molecule has 7 heteroatoms. The Morgan fingerprint density at radius 2 is 1.95 bits per heavy atom. The number of hydrogen-bond acceptors (Lipinski definition) is 5. The first-order valence-electron chi connectivity index (χ1n) is 5.79. The predicted octanol–water partition coefficient (Wildman–Crippen LogP) is 0.999. The largest absolute Gasteiger partial charge is 0.392 e. The number of H-pyrrole nitrogens is 1. The van der Waals surface area contributed by atoms with Crippen LogP contribution in [0.1, 0.15) is 16.7 Å². The fourth-order valence-electron chi connectivity index (χ4n) is 1.96. The molecule has 1 heterocycles. The number of anilines is 1. The molecule has 4 N–H and O–H groups in total. The van der Waals surface area contributed by atoms with Gasteiger partial charge in [0.15, 0.2) is 0 Å². The molecule has 0 amide bonds. The Labute approximate surface area is 118 Å². The Morgan fingerprint density at radius 3 is 2.48 bits per heavy atom. The molecule has 1 aromatic carbocycles. The van der Waals surface area contributed by atoms with Gasteiger partial charge in [-0.15, -0.1) is 0 Å². The van der Waals surface area contributed by atoms with Crippen LogP contribution in [0.4, 0.5) is 10.2 Å². The summed E-state index contributed by atoms with van der Waals surface area (Å²) in [7, 11) is 0. The van der Waals surface area contributed by atoms with E-state index in [2.05, 4.69) is 4.98 Å². The van der Waals surface area contributed by atoms with Crippen LogP contribution in [0.25, 0.3) is 11.1 Å². The maximum Gasteiger partial charge on any atom is 0.268 e. The molecule has 0 aliphatic heterocycles. The van der Waals surface area contributed by atoms with Crippen molar-refractivity contribution in [1.29, 1.82) is 10.5 Å². The van der Waals surface area contributed by atoms with Gasteiger partial charge < -0.3 is 15.8 Å². The molecule has 0 unspecified atom stereocenters. The summed E-state index contributed by atoms with van der Waals surface area (Å²) < 4.78 is 13.8. The van der Waals surface area contributed by atoms with Crippen molar-refractivity contribution in [3.8, 4) is 23.3 Å². The highest BCUT2D eigenvalue weighted by Gasteiger charge is 2.18. The zero-order valence-corrected chi connectivity index (χ0v) is 10.6. The maximum atomic E-state index is 13.8. The molecule has 21 heavy (non-hydrogen) atoms. The monoisotopic (exact) mass is 284 g/mol. The normalized spacial score (nSPS) is 9.90. The summed E-state index contributed by atoms with van der Waals surface area (Å²) in [6.45, 7) is -0.486. The van der Waals surface area contributed by atoms with Gasteiger partial charge in [0.1, 0.15) is 34.9 Å². The molecule has 0 atom stereocenters. The lowest BCUT2D eigenvalue weighted by atomic mass is 9.95. The topological polar surface area (TPSA) is 127 Å². The summed E-state index contributed by atoms with van der Waals surface area (Å²) in [5.41, 5.74) is 4.58. The smallest absolute Gasteiger partial charge is 0.268 e. The number of nitriles is 2. The fraction of sp³-hybridized carbons (Fsp3) is 0.0714. The van der Waals surface area contributed by atoms with Crippen molar-refractivity contribution in [2.45, 2.75) is 6.61 Å². The Balaban J connectivity index is 2.86. The predicted molar refractivity (Wildman–Crippen MR) is 72.2 cm³/mol. The van der Waals surface area contributed by atoms with Crippen molar-refractivity contribution < 1.29 is 9.50 Å². The van der Waals surface area contributed by atoms with Gasteiger partial charge in [-0.05, 0) is 11.6 Å². The molecular formula is C14H9FN4O2. The van der Waals surface area contributed by atoms with Gasteiger partial charge in [0.2, 0.25) is 0 Å². The van der Waals surface area contributed by atoms with Crippen LogP contribution in [0.15, 0.2) is 23.0 Å². The quantitative estimate of drug-likeness (QED) is 0.758. The van der Waals surface area contributed by atoms with E-state index in [1.54, 1.807) is 12.1 Å². The number of nitrogens with zero attached hydrogens (tertiary/aromatic N) is 2. The van der Waals surface area contributed by atoms with E-state index in [0.29, 0.717) is 0 Å². The lowest BCUT2D eigenvalue weighted by molar-refractivity contribution is 0.276. The first kappa shape index (κ1) is 14.3. The van der Waals surface area contributed by atoms with Gasteiger partial charge in [0.25, 0.3) is 5.56 Å². The number of pyridine rings is 1. The van der Waals surface area contributed by atoms with Crippen molar-refractivity contribution in [3.05, 3.63) is 51.1 Å². The van der Waals surface area contributed by atoms with E-state index in [4.69, 9.17) is 21.4 Å². The highest BCUT2D eigenvalue weighted by atomic mass is 19.1. The number of benzene rings is 1. The lowest BCUT2D eigenvalue weighted by Crippen LogP contribution is -2.16. The molecule has 2 aromatic rings. The fourth-order valence-corrected chi connectivity index (χ4v) is 1.96. The molecule has 2 rings (SSSR count). The van der Waals surface area contributed by atoms with E-state index in [-0.39, 0.29) is 33.6 Å². The average Bonchev–Trinajstić information content (AvgIpc) is 2.46. The van der Waals surface area contributed by atoms with Crippen molar-refractivity contribution in [2.24, 2.45) is 0 Å². The molecule has 1 aromatic heterocycles. The number of aliphatic hydroxyl groups is 1. The second-order valence-corrected chi connectivity index (χ2v) is 4.18.